The van der Waals surface area contributed by atoms with Crippen molar-refractivity contribution in [2.75, 3.05) is 94.9 Å². The Balaban J connectivity index is 1.19. The Labute approximate surface area is 624 Å². The Morgan fingerprint density at radius 1 is 0.667 bits per heavy atom. The minimum Gasteiger partial charge on any atom is -0.377 e. The maximum Gasteiger partial charge on any atom is 0.391 e. The van der Waals surface area contributed by atoms with Crippen LogP contribution in [-0.4, -0.2) is 281 Å². The molecule has 8 aliphatic rings. The number of rotatable bonds is 13. The van der Waals surface area contributed by atoms with Crippen molar-refractivity contribution in [2.24, 2.45) is 41.4 Å². The molecule has 2 bridgehead atoms. The van der Waals surface area contributed by atoms with Gasteiger partial charge in [-0.15, -0.1) is 0 Å². The second-order valence-electron chi connectivity index (χ2n) is 32.4. The van der Waals surface area contributed by atoms with Gasteiger partial charge < -0.3 is 64.8 Å². The lowest BCUT2D eigenvalue weighted by Gasteiger charge is -2.46. The fraction of sp³-hybridized carbons (Fsp3) is 0.816. The number of thioether (sulfide) groups is 1. The molecule has 4 aliphatic heterocycles. The fourth-order valence-corrected chi connectivity index (χ4v) is 19.2. The number of hydrogen-bond acceptors (Lipinski definition) is 14. The van der Waals surface area contributed by atoms with Gasteiger partial charge in [-0.1, -0.05) is 59.1 Å². The van der Waals surface area contributed by atoms with E-state index in [0.717, 1.165) is 54.1 Å². The van der Waals surface area contributed by atoms with Crippen LogP contribution in [0.5, 0.6) is 0 Å². The van der Waals surface area contributed by atoms with Crippen LogP contribution in [0.3, 0.4) is 0 Å². The highest BCUT2D eigenvalue weighted by molar-refractivity contribution is 8.00. The molecule has 1 spiro atoms. The van der Waals surface area contributed by atoms with Gasteiger partial charge in [0.2, 0.25) is 70.9 Å². The molecule has 0 aromatic rings. The molecule has 4 heterocycles. The molecule has 29 heteroatoms. The number of hydrogen-bond donors (Lipinski definition) is 3. The van der Waals surface area contributed by atoms with E-state index in [1.54, 1.807) is 26.0 Å². The van der Waals surface area contributed by atoms with E-state index in [-0.39, 0.29) is 114 Å². The van der Waals surface area contributed by atoms with Gasteiger partial charge in [-0.05, 0) is 170 Å². The molecule has 3 N–H and O–H groups in total. The summed E-state index contributed by atoms with van der Waals surface area (Å²) in [5, 5.41) is 9.54. The van der Waals surface area contributed by atoms with E-state index in [1.165, 1.54) is 90.7 Å². The Morgan fingerprint density at radius 2 is 1.33 bits per heavy atom. The molecule has 4 aliphatic carbocycles. The minimum absolute atomic E-state index is 0.0184. The average Bonchev–Trinajstić information content (AvgIpc) is 1.61. The molecule has 105 heavy (non-hydrogen) atoms. The number of carbonyl (C=O) groups excluding carboxylic acids is 12. The highest BCUT2D eigenvalue weighted by atomic mass is 32.2. The summed E-state index contributed by atoms with van der Waals surface area (Å²) in [6.07, 6.45) is 6.73. The van der Waals surface area contributed by atoms with E-state index in [4.69, 9.17) is 4.74 Å². The number of ether oxygens (including phenoxy) is 1. The topological polar surface area (TPSA) is 279 Å². The van der Waals surface area contributed by atoms with Crippen LogP contribution in [0.25, 0.3) is 0 Å². The van der Waals surface area contributed by atoms with Gasteiger partial charge in [-0.25, -0.2) is 0 Å². The van der Waals surface area contributed by atoms with Crippen LogP contribution < -0.4 is 16.0 Å². The molecule has 0 aromatic heterocycles. The summed E-state index contributed by atoms with van der Waals surface area (Å²) in [6, 6.07) is -10.1. The van der Waals surface area contributed by atoms with Gasteiger partial charge in [-0.3, -0.25) is 57.5 Å². The molecule has 8 rings (SSSR count). The summed E-state index contributed by atoms with van der Waals surface area (Å²) in [6.45, 7) is 8.05. The number of alkyl halides is 3. The molecule has 12 amide bonds. The Hall–Kier alpha value is -6.52. The number of likely N-dealkylation sites (N-methyl/N-ethyl adjacent to an activating group) is 7. The SMILES string of the molecule is CCO[C@@H]1C[C@H]2C(=O)NC3(CCC3)C(=O)N(C)[C@@H](C3CCCC3)C(=O)N(C)[C@H](C(=O)N(C)C)CC(=O)N(C)[C@@H](CC(C)C)C(=O)N[C@@H]([C@@H](C)CC)C(=O)N(C)CC(=O)N(C)[C@H]3C/C=C\CCN(C3=O)[C@@H](CC3CCC(C(F)(F)F)CC3)C(=O)N(C)CC(=O)N[C@@H](CCC3CCC4SCCC4C3)C(=O)N2C1. The van der Waals surface area contributed by atoms with Gasteiger partial charge in [0.05, 0.1) is 31.5 Å². The number of halogens is 3. The van der Waals surface area contributed by atoms with Crippen molar-refractivity contribution in [3.8, 4) is 0 Å². The molecule has 0 radical (unpaired) electrons. The van der Waals surface area contributed by atoms with Crippen LogP contribution in [-0.2, 0) is 62.3 Å². The summed E-state index contributed by atoms with van der Waals surface area (Å²) in [4.78, 5) is 193. The van der Waals surface area contributed by atoms with Gasteiger partial charge in [0.15, 0.2) is 0 Å². The number of carbonyl (C=O) groups is 12. The summed E-state index contributed by atoms with van der Waals surface area (Å²) in [5.74, 6) is -9.03. The van der Waals surface area contributed by atoms with Crippen molar-refractivity contribution >= 4 is 82.6 Å². The van der Waals surface area contributed by atoms with Crippen molar-refractivity contribution < 1.29 is 75.4 Å². The summed E-state index contributed by atoms with van der Waals surface area (Å²) in [5.41, 5.74) is -1.53. The number of nitrogens with one attached hydrogen (secondary N) is 3. The predicted octanol–water partition coefficient (Wildman–Crippen LogP) is 6.01. The zero-order chi connectivity index (χ0) is 77.1. The van der Waals surface area contributed by atoms with Gasteiger partial charge in [0, 0.05) is 87.7 Å². The second-order valence-corrected chi connectivity index (χ2v) is 33.7. The van der Waals surface area contributed by atoms with Crippen molar-refractivity contribution in [3.05, 3.63) is 12.2 Å². The zero-order valence-corrected chi connectivity index (χ0v) is 65.4. The van der Waals surface area contributed by atoms with E-state index in [0.29, 0.717) is 43.3 Å². The molecule has 590 valence electrons. The standard InChI is InChI=1S/C76H121F3N12O13S/c1-14-47(5)64-72(101)85(9)45-63(94)86(10)55-24-17-16-20-36-90(71(55)100)59(40-49-25-29-52(30-26-49)76(77,78)79)70(99)84(8)44-61(92)80-54(31-27-48-28-32-60-51(39-48)33-37-105-60)68(97)91-43-53(104-15-2)41-57(91)67(96)82-75(34-21-35-75)74(103)89(13)65(50-22-18-19-23-50)73(102)88(12)58(69(98)83(6)7)42-62(93)87(11)56(38-46(3)4)66(95)81-64/h16-17,46-60,64-65H,14-15,18-45H2,1-13H3,(H,80,92)(H,81,95)(H,82,96)/b17-16-/t47-,48?,49?,51?,52?,53+,54-,55-,56-,57-,58-,59-,60?,64-,65-/m0/s1. The predicted molar refractivity (Wildman–Crippen MR) is 391 cm³/mol. The molecule has 3 unspecified atom stereocenters. The first-order valence-corrected chi connectivity index (χ1v) is 39.9. The molecular formula is C76H121F3N12O13S. The Bertz CT molecular complexity index is 3140. The largest absolute Gasteiger partial charge is 0.391 e. The third-order valence-electron chi connectivity index (χ3n) is 24.5. The quantitative estimate of drug-likeness (QED) is 0.178. The van der Waals surface area contributed by atoms with Crippen LogP contribution in [0, 0.1) is 41.4 Å². The van der Waals surface area contributed by atoms with Gasteiger partial charge >= 0.3 is 6.18 Å². The Morgan fingerprint density at radius 3 is 1.95 bits per heavy atom. The van der Waals surface area contributed by atoms with Crippen molar-refractivity contribution in [1.29, 1.82) is 0 Å². The molecule has 0 aromatic carbocycles. The normalized spacial score (nSPS) is 32.2. The zero-order valence-electron chi connectivity index (χ0n) is 64.6. The van der Waals surface area contributed by atoms with Crippen LogP contribution in [0.4, 0.5) is 13.2 Å². The number of amides is 12. The van der Waals surface area contributed by atoms with E-state index in [1.807, 2.05) is 32.5 Å². The average molecular weight is 1500 g/mol. The molecule has 13 atom stereocenters. The highest BCUT2D eigenvalue weighted by Gasteiger charge is 2.54. The van der Waals surface area contributed by atoms with Crippen molar-refractivity contribution in [2.45, 2.75) is 260 Å². The maximum atomic E-state index is 15.7. The smallest absolute Gasteiger partial charge is 0.377 e. The number of fused-ring (bicyclic) bond motifs is 4. The third-order valence-corrected chi connectivity index (χ3v) is 26.0. The monoisotopic (exact) mass is 1500 g/mol. The van der Waals surface area contributed by atoms with Gasteiger partial charge in [0.25, 0.3) is 0 Å². The van der Waals surface area contributed by atoms with E-state index in [2.05, 4.69) is 16.0 Å². The first-order chi connectivity index (χ1) is 49.6. The molecule has 7 fully saturated rings. The second kappa shape index (κ2) is 37.1. The lowest BCUT2D eigenvalue weighted by Crippen LogP contribution is -2.68. The van der Waals surface area contributed by atoms with Crippen LogP contribution in [0.2, 0.25) is 0 Å². The third kappa shape index (κ3) is 20.4. The highest BCUT2D eigenvalue weighted by Crippen LogP contribution is 2.46. The van der Waals surface area contributed by atoms with Gasteiger partial charge in [-0.2, -0.15) is 24.9 Å². The van der Waals surface area contributed by atoms with Crippen LogP contribution in [0.15, 0.2) is 12.2 Å². The lowest BCUT2D eigenvalue weighted by molar-refractivity contribution is -0.184. The molecule has 25 nitrogen and oxygen atoms in total. The first-order valence-electron chi connectivity index (χ1n) is 38.8. The summed E-state index contributed by atoms with van der Waals surface area (Å²) >= 11 is 1.99. The fourth-order valence-electron chi connectivity index (χ4n) is 17.6. The Kier molecular flexibility index (Phi) is 29.7. The van der Waals surface area contributed by atoms with Crippen molar-refractivity contribution in [3.63, 3.8) is 0 Å². The van der Waals surface area contributed by atoms with Crippen LogP contribution in [0.1, 0.15) is 189 Å². The van der Waals surface area contributed by atoms with Crippen LogP contribution >= 0.6 is 11.8 Å². The van der Waals surface area contributed by atoms with Gasteiger partial charge in [0.1, 0.15) is 53.9 Å². The summed E-state index contributed by atoms with van der Waals surface area (Å²) in [7, 11) is 11.5. The lowest BCUT2D eigenvalue weighted by atomic mass is 9.74. The molecule has 4 saturated carbocycles. The molecule has 3 saturated heterocycles. The first kappa shape index (κ1) is 84.1. The van der Waals surface area contributed by atoms with E-state index >= 15 is 28.8 Å². The summed E-state index contributed by atoms with van der Waals surface area (Å²) < 4.78 is 48.6. The minimum atomic E-state index is -4.43. The molecular weight excluding hydrogens is 1380 g/mol. The number of nitrogens with zero attached hydrogens (tertiary/aromatic N) is 9. The van der Waals surface area contributed by atoms with Crippen molar-refractivity contribution in [1.82, 2.24) is 60.0 Å². The maximum absolute atomic E-state index is 15.7. The van der Waals surface area contributed by atoms with E-state index < -0.39 is 174 Å². The van der Waals surface area contributed by atoms with E-state index in [9.17, 15) is 41.9 Å².